The summed E-state index contributed by atoms with van der Waals surface area (Å²) in [6.07, 6.45) is 4.47. The number of nitrogens with zero attached hydrogens (tertiary/aromatic N) is 1. The van der Waals surface area contributed by atoms with Gasteiger partial charge in [0.05, 0.1) is 11.9 Å². The summed E-state index contributed by atoms with van der Waals surface area (Å²) in [6, 6.07) is 14.7. The van der Waals surface area contributed by atoms with E-state index in [4.69, 9.17) is 11.6 Å². The molecule has 0 saturated carbocycles. The van der Waals surface area contributed by atoms with Crippen molar-refractivity contribution in [2.24, 2.45) is 0 Å². The standard InChI is InChI=1S/C19H23ClN2O3S2/c1-26-17-10-5-9-16(13-17)22(27(2,24)25)14-19(23)21-12-6-8-15-7-3-4-11-18(15)20/h3-5,7,9-11,13H,6,8,12,14H2,1-2H3,(H,21,23). The summed E-state index contributed by atoms with van der Waals surface area (Å²) in [5.41, 5.74) is 1.51. The molecule has 146 valence electrons. The number of benzene rings is 2. The van der Waals surface area contributed by atoms with E-state index in [0.717, 1.165) is 33.9 Å². The average molecular weight is 427 g/mol. The Hall–Kier alpha value is -1.70. The first kappa shape index (κ1) is 21.6. The van der Waals surface area contributed by atoms with Gasteiger partial charge in [-0.2, -0.15) is 0 Å². The van der Waals surface area contributed by atoms with Crippen LogP contribution < -0.4 is 9.62 Å². The third-order valence-corrected chi connectivity index (χ3v) is 6.17. The van der Waals surface area contributed by atoms with Crippen LogP contribution in [0.4, 0.5) is 5.69 Å². The first-order valence-corrected chi connectivity index (χ1v) is 11.9. The van der Waals surface area contributed by atoms with Crippen LogP contribution in [0.15, 0.2) is 53.4 Å². The zero-order valence-electron chi connectivity index (χ0n) is 15.3. The van der Waals surface area contributed by atoms with Crippen LogP contribution in [-0.4, -0.2) is 39.9 Å². The molecule has 0 aliphatic carbocycles. The Morgan fingerprint density at radius 3 is 2.59 bits per heavy atom. The number of hydrogen-bond acceptors (Lipinski definition) is 4. The molecule has 0 unspecified atom stereocenters. The molecule has 0 aliphatic heterocycles. The molecule has 5 nitrogen and oxygen atoms in total. The van der Waals surface area contributed by atoms with Gasteiger partial charge < -0.3 is 5.32 Å². The Morgan fingerprint density at radius 1 is 1.19 bits per heavy atom. The van der Waals surface area contributed by atoms with E-state index in [1.54, 1.807) is 18.2 Å². The number of thioether (sulfide) groups is 1. The van der Waals surface area contributed by atoms with Gasteiger partial charge in [-0.05, 0) is 48.9 Å². The Bertz CT molecular complexity index is 888. The summed E-state index contributed by atoms with van der Waals surface area (Å²) in [6.45, 7) is 0.204. The maximum absolute atomic E-state index is 12.3. The van der Waals surface area contributed by atoms with Crippen LogP contribution in [-0.2, 0) is 21.2 Å². The van der Waals surface area contributed by atoms with E-state index in [1.165, 1.54) is 11.8 Å². The molecule has 2 rings (SSSR count). The van der Waals surface area contributed by atoms with Crippen LogP contribution in [0.2, 0.25) is 5.02 Å². The van der Waals surface area contributed by atoms with E-state index in [9.17, 15) is 13.2 Å². The molecular weight excluding hydrogens is 404 g/mol. The van der Waals surface area contributed by atoms with Crippen LogP contribution in [0.25, 0.3) is 0 Å². The molecule has 0 radical (unpaired) electrons. The van der Waals surface area contributed by atoms with E-state index in [0.29, 0.717) is 17.3 Å². The Morgan fingerprint density at radius 2 is 1.93 bits per heavy atom. The topological polar surface area (TPSA) is 66.5 Å². The summed E-state index contributed by atoms with van der Waals surface area (Å²) in [5, 5.41) is 3.49. The van der Waals surface area contributed by atoms with Crippen molar-refractivity contribution in [1.29, 1.82) is 0 Å². The second kappa shape index (κ2) is 10.0. The van der Waals surface area contributed by atoms with Crippen LogP contribution in [0.1, 0.15) is 12.0 Å². The number of sulfonamides is 1. The fourth-order valence-electron chi connectivity index (χ4n) is 2.56. The summed E-state index contributed by atoms with van der Waals surface area (Å²) >= 11 is 7.63. The van der Waals surface area contributed by atoms with Crippen LogP contribution in [0, 0.1) is 0 Å². The van der Waals surface area contributed by atoms with Crippen LogP contribution >= 0.6 is 23.4 Å². The molecule has 27 heavy (non-hydrogen) atoms. The van der Waals surface area contributed by atoms with Crippen molar-refractivity contribution in [2.75, 3.05) is 29.9 Å². The molecule has 0 bridgehead atoms. The lowest BCUT2D eigenvalue weighted by Crippen LogP contribution is -2.40. The maximum atomic E-state index is 12.3. The lowest BCUT2D eigenvalue weighted by atomic mass is 10.1. The highest BCUT2D eigenvalue weighted by Gasteiger charge is 2.20. The van der Waals surface area contributed by atoms with E-state index in [2.05, 4.69) is 5.32 Å². The fourth-order valence-corrected chi connectivity index (χ4v) is 4.09. The largest absolute Gasteiger partial charge is 0.355 e. The molecule has 2 aromatic rings. The number of hydrogen-bond donors (Lipinski definition) is 1. The SMILES string of the molecule is CSc1cccc(N(CC(=O)NCCCc2ccccc2Cl)S(C)(=O)=O)c1. The van der Waals surface area contributed by atoms with E-state index in [1.807, 2.05) is 36.6 Å². The monoisotopic (exact) mass is 426 g/mol. The highest BCUT2D eigenvalue weighted by Crippen LogP contribution is 2.23. The summed E-state index contributed by atoms with van der Waals surface area (Å²) in [5.74, 6) is -0.339. The van der Waals surface area contributed by atoms with Gasteiger partial charge in [-0.1, -0.05) is 35.9 Å². The van der Waals surface area contributed by atoms with Gasteiger partial charge in [-0.3, -0.25) is 9.10 Å². The Labute approximate surface area is 170 Å². The molecule has 2 aromatic carbocycles. The van der Waals surface area contributed by atoms with Gasteiger partial charge in [0.2, 0.25) is 15.9 Å². The second-order valence-corrected chi connectivity index (χ2v) is 9.21. The fraction of sp³-hybridized carbons (Fsp3) is 0.316. The van der Waals surface area contributed by atoms with Crippen molar-refractivity contribution in [2.45, 2.75) is 17.7 Å². The Balaban J connectivity index is 1.93. The van der Waals surface area contributed by atoms with Crippen molar-refractivity contribution in [3.05, 3.63) is 59.1 Å². The number of anilines is 1. The lowest BCUT2D eigenvalue weighted by molar-refractivity contribution is -0.119. The molecule has 0 aromatic heterocycles. The third-order valence-electron chi connectivity index (χ3n) is 3.93. The van der Waals surface area contributed by atoms with Gasteiger partial charge in [0.1, 0.15) is 6.54 Å². The predicted molar refractivity (Wildman–Crippen MR) is 113 cm³/mol. The van der Waals surface area contributed by atoms with Gasteiger partial charge in [0, 0.05) is 16.5 Å². The van der Waals surface area contributed by atoms with Crippen LogP contribution in [0.5, 0.6) is 0 Å². The summed E-state index contributed by atoms with van der Waals surface area (Å²) in [7, 11) is -3.57. The predicted octanol–water partition coefficient (Wildman–Crippen LogP) is 3.58. The number of rotatable bonds is 9. The first-order valence-electron chi connectivity index (χ1n) is 8.43. The number of aryl methyl sites for hydroxylation is 1. The van der Waals surface area contributed by atoms with Gasteiger partial charge in [-0.25, -0.2) is 8.42 Å². The third kappa shape index (κ3) is 6.75. The second-order valence-electron chi connectivity index (χ2n) is 6.02. The number of carbonyl (C=O) groups excluding carboxylic acids is 1. The molecule has 0 fully saturated rings. The van der Waals surface area contributed by atoms with Gasteiger partial charge >= 0.3 is 0 Å². The smallest absolute Gasteiger partial charge is 0.240 e. The lowest BCUT2D eigenvalue weighted by Gasteiger charge is -2.22. The average Bonchev–Trinajstić information content (AvgIpc) is 2.63. The van der Waals surface area contributed by atoms with Gasteiger partial charge in [0.25, 0.3) is 0 Å². The molecule has 1 N–H and O–H groups in total. The number of carbonyl (C=O) groups is 1. The Kier molecular flexibility index (Phi) is 8.01. The first-order chi connectivity index (χ1) is 12.8. The van der Waals surface area contributed by atoms with E-state index in [-0.39, 0.29) is 12.5 Å². The quantitative estimate of drug-likeness (QED) is 0.491. The zero-order valence-corrected chi connectivity index (χ0v) is 17.7. The molecule has 0 heterocycles. The van der Waals surface area contributed by atoms with Crippen molar-refractivity contribution in [3.63, 3.8) is 0 Å². The van der Waals surface area contributed by atoms with Crippen LogP contribution in [0.3, 0.4) is 0 Å². The molecule has 1 amide bonds. The normalized spacial score (nSPS) is 11.2. The summed E-state index contributed by atoms with van der Waals surface area (Å²) < 4.78 is 25.4. The molecule has 0 atom stereocenters. The summed E-state index contributed by atoms with van der Waals surface area (Å²) in [4.78, 5) is 13.2. The highest BCUT2D eigenvalue weighted by atomic mass is 35.5. The number of amides is 1. The molecule has 8 heteroatoms. The minimum absolute atomic E-state index is 0.247. The molecule has 0 aliphatic rings. The van der Waals surface area contributed by atoms with Crippen molar-refractivity contribution in [1.82, 2.24) is 5.32 Å². The van der Waals surface area contributed by atoms with E-state index >= 15 is 0 Å². The number of halogens is 1. The number of nitrogens with one attached hydrogen (secondary N) is 1. The minimum Gasteiger partial charge on any atom is -0.355 e. The van der Waals surface area contributed by atoms with Gasteiger partial charge in [0.15, 0.2) is 0 Å². The highest BCUT2D eigenvalue weighted by molar-refractivity contribution is 7.98. The molecular formula is C19H23ClN2O3S2. The van der Waals surface area contributed by atoms with Crippen molar-refractivity contribution < 1.29 is 13.2 Å². The molecule has 0 saturated heterocycles. The zero-order chi connectivity index (χ0) is 19.9. The van der Waals surface area contributed by atoms with Crippen molar-refractivity contribution >= 4 is 45.0 Å². The van der Waals surface area contributed by atoms with Crippen molar-refractivity contribution in [3.8, 4) is 0 Å². The van der Waals surface area contributed by atoms with E-state index < -0.39 is 10.0 Å². The maximum Gasteiger partial charge on any atom is 0.240 e. The minimum atomic E-state index is -3.57. The molecule has 0 spiro atoms. The van der Waals surface area contributed by atoms with Gasteiger partial charge in [-0.15, -0.1) is 11.8 Å².